The lowest BCUT2D eigenvalue weighted by molar-refractivity contribution is -0.149. The summed E-state index contributed by atoms with van der Waals surface area (Å²) in [4.78, 5) is 12.9. The molecule has 1 N–H and O–H groups in total. The second-order valence-corrected chi connectivity index (χ2v) is 6.88. The number of nitrogens with zero attached hydrogens (tertiary/aromatic N) is 1. The molecule has 1 fully saturated rings. The summed E-state index contributed by atoms with van der Waals surface area (Å²) < 4.78 is 26.2. The Hall–Kier alpha value is -0.660. The minimum Gasteiger partial charge on any atom is -0.481 e. The van der Waals surface area contributed by atoms with Crippen LogP contribution in [0.15, 0.2) is 0 Å². The second kappa shape index (κ2) is 4.91. The van der Waals surface area contributed by atoms with Gasteiger partial charge < -0.3 is 10.0 Å². The average Bonchev–Trinajstić information content (AvgIpc) is 2.06. The topological polar surface area (TPSA) is 83.9 Å². The van der Waals surface area contributed by atoms with Gasteiger partial charge in [-0.1, -0.05) is 0 Å². The summed E-state index contributed by atoms with van der Waals surface area (Å²) in [7, 11) is -3.37. The molecule has 0 atom stereocenters. The van der Waals surface area contributed by atoms with Gasteiger partial charge in [0.25, 0.3) is 10.1 Å². The van der Waals surface area contributed by atoms with E-state index in [0.717, 1.165) is 6.26 Å². The van der Waals surface area contributed by atoms with Crippen molar-refractivity contribution in [3.8, 4) is 0 Å². The zero-order chi connectivity index (χ0) is 13.3. The summed E-state index contributed by atoms with van der Waals surface area (Å²) in [6.07, 6.45) is 1.02. The summed E-state index contributed by atoms with van der Waals surface area (Å²) in [5.74, 6) is -0.650. The summed E-state index contributed by atoms with van der Waals surface area (Å²) in [5.41, 5.74) is -0.775. The summed E-state index contributed by atoms with van der Waals surface area (Å²) >= 11 is 0. The molecule has 0 bridgehead atoms. The van der Waals surface area contributed by atoms with E-state index in [2.05, 4.69) is 4.18 Å². The molecule has 1 rings (SSSR count). The van der Waals surface area contributed by atoms with E-state index >= 15 is 0 Å². The number of hydrogen-bond acceptors (Lipinski definition) is 5. The molecule has 0 saturated carbocycles. The Morgan fingerprint density at radius 2 is 2.00 bits per heavy atom. The Morgan fingerprint density at radius 1 is 1.47 bits per heavy atom. The maximum Gasteiger partial charge on any atom is 0.310 e. The molecule has 0 aromatic rings. The van der Waals surface area contributed by atoms with Crippen molar-refractivity contribution in [3.63, 3.8) is 0 Å². The predicted molar refractivity (Wildman–Crippen MR) is 62.1 cm³/mol. The van der Waals surface area contributed by atoms with E-state index in [1.807, 2.05) is 4.90 Å². The van der Waals surface area contributed by atoms with Crippen LogP contribution in [0, 0.1) is 11.3 Å². The number of carboxylic acid groups (broad SMARTS) is 1. The van der Waals surface area contributed by atoms with Gasteiger partial charge >= 0.3 is 5.97 Å². The number of carboxylic acids is 1. The van der Waals surface area contributed by atoms with Crippen molar-refractivity contribution in [1.82, 2.24) is 4.90 Å². The molecular formula is C10H19NO5S. The molecule has 6 nitrogen and oxygen atoms in total. The Morgan fingerprint density at radius 3 is 2.41 bits per heavy atom. The largest absolute Gasteiger partial charge is 0.481 e. The highest BCUT2D eigenvalue weighted by Crippen LogP contribution is 2.24. The fourth-order valence-electron chi connectivity index (χ4n) is 1.76. The van der Waals surface area contributed by atoms with Crippen molar-refractivity contribution < 1.29 is 22.5 Å². The van der Waals surface area contributed by atoms with Crippen LogP contribution in [0.25, 0.3) is 0 Å². The van der Waals surface area contributed by atoms with Crippen molar-refractivity contribution in [2.24, 2.45) is 11.3 Å². The number of carbonyl (C=O) groups is 1. The van der Waals surface area contributed by atoms with E-state index in [-0.39, 0.29) is 12.5 Å². The third kappa shape index (κ3) is 4.61. The van der Waals surface area contributed by atoms with Crippen molar-refractivity contribution >= 4 is 16.1 Å². The SMILES string of the molecule is CC(C)(CN1CC(COS(C)(=O)=O)C1)C(=O)O. The Bertz CT molecular complexity index is 384. The molecule has 1 aliphatic heterocycles. The predicted octanol–water partition coefficient (Wildman–Crippen LogP) is 0.00520. The van der Waals surface area contributed by atoms with Gasteiger partial charge in [0.15, 0.2) is 0 Å². The van der Waals surface area contributed by atoms with Gasteiger partial charge in [-0.25, -0.2) is 0 Å². The van der Waals surface area contributed by atoms with Gasteiger partial charge in [-0.2, -0.15) is 8.42 Å². The van der Waals surface area contributed by atoms with E-state index in [1.165, 1.54) is 0 Å². The first kappa shape index (κ1) is 14.4. The fraction of sp³-hybridized carbons (Fsp3) is 0.900. The van der Waals surface area contributed by atoms with Gasteiger partial charge in [0.2, 0.25) is 0 Å². The van der Waals surface area contributed by atoms with Crippen LogP contribution >= 0.6 is 0 Å². The van der Waals surface area contributed by atoms with Gasteiger partial charge in [0, 0.05) is 25.6 Å². The third-order valence-corrected chi connectivity index (χ3v) is 3.31. The molecule has 1 heterocycles. The minimum atomic E-state index is -3.37. The van der Waals surface area contributed by atoms with Crippen molar-refractivity contribution in [1.29, 1.82) is 0 Å². The van der Waals surface area contributed by atoms with Crippen LogP contribution in [0.2, 0.25) is 0 Å². The quantitative estimate of drug-likeness (QED) is 0.681. The molecule has 0 aromatic carbocycles. The molecule has 7 heteroatoms. The van der Waals surface area contributed by atoms with E-state index in [4.69, 9.17) is 5.11 Å². The van der Waals surface area contributed by atoms with Crippen molar-refractivity contribution in [3.05, 3.63) is 0 Å². The molecule has 0 spiro atoms. The zero-order valence-corrected chi connectivity index (χ0v) is 11.2. The lowest BCUT2D eigenvalue weighted by atomic mass is 9.90. The highest BCUT2D eigenvalue weighted by Gasteiger charge is 2.35. The van der Waals surface area contributed by atoms with Crippen LogP contribution in [-0.4, -0.2) is 56.9 Å². The van der Waals surface area contributed by atoms with E-state index < -0.39 is 21.5 Å². The van der Waals surface area contributed by atoms with Crippen LogP contribution in [0.3, 0.4) is 0 Å². The normalized spacial score (nSPS) is 19.0. The standard InChI is InChI=1S/C10H19NO5S/c1-10(2,9(12)13)7-11-4-8(5-11)6-16-17(3,14)15/h8H,4-7H2,1-3H3,(H,12,13). The van der Waals surface area contributed by atoms with Gasteiger partial charge in [-0.3, -0.25) is 8.98 Å². The average molecular weight is 265 g/mol. The number of hydrogen-bond donors (Lipinski definition) is 1. The third-order valence-electron chi connectivity index (χ3n) is 2.75. The number of likely N-dealkylation sites (tertiary alicyclic amines) is 1. The van der Waals surface area contributed by atoms with Gasteiger partial charge in [0.1, 0.15) is 0 Å². The molecular weight excluding hydrogens is 246 g/mol. The summed E-state index contributed by atoms with van der Waals surface area (Å²) in [5, 5.41) is 8.96. The first-order valence-electron chi connectivity index (χ1n) is 5.40. The lowest BCUT2D eigenvalue weighted by Gasteiger charge is -2.41. The fourth-order valence-corrected chi connectivity index (χ4v) is 2.20. The lowest BCUT2D eigenvalue weighted by Crippen LogP contribution is -2.53. The molecule has 0 amide bonds. The van der Waals surface area contributed by atoms with Gasteiger partial charge in [-0.15, -0.1) is 0 Å². The van der Waals surface area contributed by atoms with Crippen LogP contribution in [0.5, 0.6) is 0 Å². The van der Waals surface area contributed by atoms with Gasteiger partial charge in [0.05, 0.1) is 18.3 Å². The van der Waals surface area contributed by atoms with Crippen LogP contribution < -0.4 is 0 Å². The molecule has 100 valence electrons. The number of aliphatic carboxylic acids is 1. The molecule has 1 aliphatic rings. The van der Waals surface area contributed by atoms with Crippen molar-refractivity contribution in [2.75, 3.05) is 32.5 Å². The molecule has 1 saturated heterocycles. The van der Waals surface area contributed by atoms with Crippen LogP contribution in [-0.2, 0) is 19.1 Å². The molecule has 0 aromatic heterocycles. The Balaban J connectivity index is 2.26. The molecule has 17 heavy (non-hydrogen) atoms. The Kier molecular flexibility index (Phi) is 4.16. The molecule has 0 aliphatic carbocycles. The molecule has 0 unspecified atom stereocenters. The zero-order valence-electron chi connectivity index (χ0n) is 10.3. The van der Waals surface area contributed by atoms with E-state index in [0.29, 0.717) is 19.6 Å². The summed E-state index contributed by atoms with van der Waals surface area (Å²) in [6, 6.07) is 0. The van der Waals surface area contributed by atoms with Crippen LogP contribution in [0.1, 0.15) is 13.8 Å². The van der Waals surface area contributed by atoms with E-state index in [9.17, 15) is 13.2 Å². The first-order chi connectivity index (χ1) is 7.60. The monoisotopic (exact) mass is 265 g/mol. The molecule has 0 radical (unpaired) electrons. The Labute approximate surface area is 102 Å². The first-order valence-corrected chi connectivity index (χ1v) is 7.22. The maximum absolute atomic E-state index is 10.9. The van der Waals surface area contributed by atoms with Gasteiger partial charge in [-0.05, 0) is 13.8 Å². The highest BCUT2D eigenvalue weighted by atomic mass is 32.2. The summed E-state index contributed by atoms with van der Waals surface area (Å²) in [6.45, 7) is 5.38. The van der Waals surface area contributed by atoms with Crippen molar-refractivity contribution in [2.45, 2.75) is 13.8 Å². The minimum absolute atomic E-state index is 0.175. The highest BCUT2D eigenvalue weighted by molar-refractivity contribution is 7.85. The maximum atomic E-state index is 10.9. The second-order valence-electron chi connectivity index (χ2n) is 5.24. The number of rotatable bonds is 6. The smallest absolute Gasteiger partial charge is 0.310 e. The van der Waals surface area contributed by atoms with Crippen LogP contribution in [0.4, 0.5) is 0 Å². The van der Waals surface area contributed by atoms with E-state index in [1.54, 1.807) is 13.8 Å².